The minimum absolute atomic E-state index is 0.0310. The molecule has 0 amide bonds. The molecule has 1 aromatic rings. The van der Waals surface area contributed by atoms with Crippen LogP contribution in [0.25, 0.3) is 0 Å². The number of benzene rings is 1. The fourth-order valence-corrected chi connectivity index (χ4v) is 1.78. The second-order valence-corrected chi connectivity index (χ2v) is 3.90. The summed E-state index contributed by atoms with van der Waals surface area (Å²) >= 11 is 0. The summed E-state index contributed by atoms with van der Waals surface area (Å²) in [6, 6.07) is 6.04. The number of rotatable bonds is 3. The van der Waals surface area contributed by atoms with E-state index >= 15 is 0 Å². The quantitative estimate of drug-likeness (QED) is 0.863. The third-order valence-corrected chi connectivity index (χ3v) is 2.87. The molecular weight excluding hydrogens is 219 g/mol. The topological polar surface area (TPSA) is 21.3 Å². The standard InChI is InChI=1S/C11H12F3NO/c1-15-10(6-7-10)8-2-4-9(5-3-8)16-11(12,13)14/h2-5,15H,6-7H2,1H3. The lowest BCUT2D eigenvalue weighted by atomic mass is 10.1. The van der Waals surface area contributed by atoms with E-state index in [0.29, 0.717) is 0 Å². The Labute approximate surface area is 91.4 Å². The molecule has 1 N–H and O–H groups in total. The van der Waals surface area contributed by atoms with Gasteiger partial charge in [0.2, 0.25) is 0 Å². The molecule has 0 aliphatic heterocycles. The predicted octanol–water partition coefficient (Wildman–Crippen LogP) is 2.79. The first-order valence-electron chi connectivity index (χ1n) is 5.00. The summed E-state index contributed by atoms with van der Waals surface area (Å²) in [7, 11) is 1.85. The second-order valence-electron chi connectivity index (χ2n) is 3.90. The van der Waals surface area contributed by atoms with E-state index in [4.69, 9.17) is 0 Å². The molecule has 0 aromatic heterocycles. The van der Waals surface area contributed by atoms with Gasteiger partial charge < -0.3 is 10.1 Å². The van der Waals surface area contributed by atoms with Crippen molar-refractivity contribution in [1.82, 2.24) is 5.32 Å². The van der Waals surface area contributed by atoms with E-state index in [1.54, 1.807) is 12.1 Å². The Morgan fingerprint density at radius 3 is 2.12 bits per heavy atom. The molecule has 16 heavy (non-hydrogen) atoms. The van der Waals surface area contributed by atoms with Gasteiger partial charge in [-0.1, -0.05) is 12.1 Å². The van der Waals surface area contributed by atoms with Crippen molar-refractivity contribution in [3.63, 3.8) is 0 Å². The van der Waals surface area contributed by atoms with Gasteiger partial charge in [0.1, 0.15) is 5.75 Å². The number of hydrogen-bond donors (Lipinski definition) is 1. The van der Waals surface area contributed by atoms with E-state index in [9.17, 15) is 13.2 Å². The highest BCUT2D eigenvalue weighted by Gasteiger charge is 2.42. The molecule has 0 unspecified atom stereocenters. The van der Waals surface area contributed by atoms with Crippen LogP contribution in [-0.2, 0) is 5.54 Å². The molecule has 1 aliphatic rings. The Bertz CT molecular complexity index is 368. The van der Waals surface area contributed by atoms with Crippen molar-refractivity contribution < 1.29 is 17.9 Å². The lowest BCUT2D eigenvalue weighted by molar-refractivity contribution is -0.274. The van der Waals surface area contributed by atoms with Crippen LogP contribution >= 0.6 is 0 Å². The van der Waals surface area contributed by atoms with Gasteiger partial charge in [0, 0.05) is 5.54 Å². The number of hydrogen-bond acceptors (Lipinski definition) is 2. The number of ether oxygens (including phenoxy) is 1. The molecule has 0 heterocycles. The van der Waals surface area contributed by atoms with Crippen molar-refractivity contribution in [1.29, 1.82) is 0 Å². The van der Waals surface area contributed by atoms with Crippen molar-refractivity contribution in [2.75, 3.05) is 7.05 Å². The maximum Gasteiger partial charge on any atom is 0.573 e. The molecule has 5 heteroatoms. The zero-order valence-corrected chi connectivity index (χ0v) is 8.77. The van der Waals surface area contributed by atoms with E-state index in [1.165, 1.54) is 12.1 Å². The SMILES string of the molecule is CNC1(c2ccc(OC(F)(F)F)cc2)CC1. The molecule has 1 aliphatic carbocycles. The van der Waals surface area contributed by atoms with E-state index in [1.807, 2.05) is 7.05 Å². The van der Waals surface area contributed by atoms with Crippen molar-refractivity contribution in [2.45, 2.75) is 24.7 Å². The zero-order chi connectivity index (χ0) is 11.8. The highest BCUT2D eigenvalue weighted by Crippen LogP contribution is 2.45. The monoisotopic (exact) mass is 231 g/mol. The predicted molar refractivity (Wildman–Crippen MR) is 53.1 cm³/mol. The highest BCUT2D eigenvalue weighted by atomic mass is 19.4. The molecule has 0 saturated heterocycles. The number of nitrogens with one attached hydrogen (secondary N) is 1. The Hall–Kier alpha value is -1.23. The first-order chi connectivity index (χ1) is 7.45. The highest BCUT2D eigenvalue weighted by molar-refractivity contribution is 5.35. The molecule has 1 fully saturated rings. The minimum atomic E-state index is -4.62. The average molecular weight is 231 g/mol. The van der Waals surface area contributed by atoms with Crippen LogP contribution in [0.3, 0.4) is 0 Å². The fourth-order valence-electron chi connectivity index (χ4n) is 1.78. The third kappa shape index (κ3) is 2.29. The van der Waals surface area contributed by atoms with Gasteiger partial charge in [-0.2, -0.15) is 0 Å². The molecule has 0 atom stereocenters. The van der Waals surface area contributed by atoms with E-state index in [-0.39, 0.29) is 11.3 Å². The molecule has 1 aromatic carbocycles. The Balaban J connectivity index is 2.11. The zero-order valence-electron chi connectivity index (χ0n) is 8.77. The first-order valence-corrected chi connectivity index (χ1v) is 5.00. The molecule has 2 nitrogen and oxygen atoms in total. The number of halogens is 3. The summed E-state index contributed by atoms with van der Waals surface area (Å²) in [4.78, 5) is 0. The number of alkyl halides is 3. The van der Waals surface area contributed by atoms with Gasteiger partial charge in [-0.3, -0.25) is 0 Å². The summed E-state index contributed by atoms with van der Waals surface area (Å²) in [5.74, 6) is -0.178. The van der Waals surface area contributed by atoms with Gasteiger partial charge in [-0.25, -0.2) is 0 Å². The van der Waals surface area contributed by atoms with Crippen LogP contribution < -0.4 is 10.1 Å². The maximum absolute atomic E-state index is 11.9. The molecule has 88 valence electrons. The summed E-state index contributed by atoms with van der Waals surface area (Å²) in [6.07, 6.45) is -2.59. The molecule has 1 saturated carbocycles. The van der Waals surface area contributed by atoms with Crippen LogP contribution in [0.1, 0.15) is 18.4 Å². The molecule has 2 rings (SSSR count). The summed E-state index contributed by atoms with van der Waals surface area (Å²) in [5.41, 5.74) is 0.973. The largest absolute Gasteiger partial charge is 0.573 e. The van der Waals surface area contributed by atoms with Gasteiger partial charge in [0.05, 0.1) is 0 Å². The molecular formula is C11H12F3NO. The van der Waals surface area contributed by atoms with Crippen LogP contribution in [0, 0.1) is 0 Å². The maximum atomic E-state index is 11.9. The van der Waals surface area contributed by atoms with E-state index in [2.05, 4.69) is 10.1 Å². The van der Waals surface area contributed by atoms with Crippen LogP contribution in [-0.4, -0.2) is 13.4 Å². The van der Waals surface area contributed by atoms with Crippen LogP contribution in [0.2, 0.25) is 0 Å². The van der Waals surface area contributed by atoms with Gasteiger partial charge in [0.25, 0.3) is 0 Å². The van der Waals surface area contributed by atoms with Crippen molar-refractivity contribution >= 4 is 0 Å². The van der Waals surface area contributed by atoms with Crippen molar-refractivity contribution in [3.8, 4) is 5.75 Å². The smallest absolute Gasteiger partial charge is 0.406 e. The third-order valence-electron chi connectivity index (χ3n) is 2.87. The Morgan fingerprint density at radius 2 is 1.75 bits per heavy atom. The van der Waals surface area contributed by atoms with E-state index in [0.717, 1.165) is 18.4 Å². The van der Waals surface area contributed by atoms with Crippen LogP contribution in [0.5, 0.6) is 5.75 Å². The molecule has 0 bridgehead atoms. The first kappa shape index (κ1) is 11.3. The Morgan fingerprint density at radius 1 is 1.19 bits per heavy atom. The van der Waals surface area contributed by atoms with Crippen LogP contribution in [0.4, 0.5) is 13.2 Å². The van der Waals surface area contributed by atoms with E-state index < -0.39 is 6.36 Å². The van der Waals surface area contributed by atoms with Gasteiger partial charge in [-0.15, -0.1) is 13.2 Å². The summed E-state index contributed by atoms with van der Waals surface area (Å²) < 4.78 is 39.6. The van der Waals surface area contributed by atoms with Crippen molar-refractivity contribution in [2.24, 2.45) is 0 Å². The second kappa shape index (κ2) is 3.66. The Kier molecular flexibility index (Phi) is 2.58. The summed E-state index contributed by atoms with van der Waals surface area (Å²) in [5, 5.41) is 3.17. The fraction of sp³-hybridized carbons (Fsp3) is 0.455. The lowest BCUT2D eigenvalue weighted by Crippen LogP contribution is -2.24. The van der Waals surface area contributed by atoms with Crippen LogP contribution in [0.15, 0.2) is 24.3 Å². The van der Waals surface area contributed by atoms with Gasteiger partial charge >= 0.3 is 6.36 Å². The average Bonchev–Trinajstić information content (AvgIpc) is 2.97. The molecule has 0 spiro atoms. The minimum Gasteiger partial charge on any atom is -0.406 e. The molecule has 0 radical (unpaired) electrons. The van der Waals surface area contributed by atoms with Gasteiger partial charge in [0.15, 0.2) is 0 Å². The lowest BCUT2D eigenvalue weighted by Gasteiger charge is -2.15. The van der Waals surface area contributed by atoms with Crippen molar-refractivity contribution in [3.05, 3.63) is 29.8 Å². The normalized spacial score (nSPS) is 18.2. The van der Waals surface area contributed by atoms with Gasteiger partial charge in [-0.05, 0) is 37.6 Å². The summed E-state index contributed by atoms with van der Waals surface area (Å²) in [6.45, 7) is 0.